The fraction of sp³-hybridized carbons (Fsp3) is 0.800. The average molecular weight is 213 g/mol. The number of hydrogen-bond donors (Lipinski definition) is 3. The Morgan fingerprint density at radius 3 is 2.53 bits per heavy atom. The third kappa shape index (κ3) is 3.87. The lowest BCUT2D eigenvalue weighted by molar-refractivity contribution is -0.121. The van der Waals surface area contributed by atoms with Crippen molar-refractivity contribution in [3.8, 4) is 0 Å². The van der Waals surface area contributed by atoms with Crippen LogP contribution in [-0.2, 0) is 4.79 Å². The minimum Gasteiger partial charge on any atom is -0.351 e. The normalized spacial score (nSPS) is 27.3. The monoisotopic (exact) mass is 213 g/mol. The minimum atomic E-state index is -0.798. The summed E-state index contributed by atoms with van der Waals surface area (Å²) in [7, 11) is 0. The molecule has 5 nitrogen and oxygen atoms in total. The smallest absolute Gasteiger partial charge is 0.318 e. The van der Waals surface area contributed by atoms with Gasteiger partial charge in [0, 0.05) is 6.04 Å². The van der Waals surface area contributed by atoms with Crippen molar-refractivity contribution in [3.63, 3.8) is 0 Å². The van der Waals surface area contributed by atoms with Gasteiger partial charge in [-0.1, -0.05) is 6.92 Å². The van der Waals surface area contributed by atoms with Crippen molar-refractivity contribution < 1.29 is 9.59 Å². The number of hydrogen-bond acceptors (Lipinski definition) is 3. The highest BCUT2D eigenvalue weighted by Crippen LogP contribution is 2.24. The Balaban J connectivity index is 2.31. The molecule has 0 saturated heterocycles. The van der Waals surface area contributed by atoms with Gasteiger partial charge in [-0.2, -0.15) is 0 Å². The number of carbonyl (C=O) groups excluding carboxylic acids is 2. The Morgan fingerprint density at radius 2 is 2.07 bits per heavy atom. The molecule has 0 aromatic carbocycles. The molecule has 4 N–H and O–H groups in total. The molecule has 0 aromatic rings. The molecule has 86 valence electrons. The van der Waals surface area contributed by atoms with Crippen molar-refractivity contribution in [1.82, 2.24) is 10.6 Å². The molecule has 0 heterocycles. The molecule has 3 amide bonds. The molecule has 1 aliphatic carbocycles. The van der Waals surface area contributed by atoms with E-state index in [1.807, 2.05) is 0 Å². The Hall–Kier alpha value is -1.10. The zero-order valence-corrected chi connectivity index (χ0v) is 9.25. The van der Waals surface area contributed by atoms with Crippen molar-refractivity contribution in [2.24, 2.45) is 11.7 Å². The van der Waals surface area contributed by atoms with Crippen molar-refractivity contribution in [1.29, 1.82) is 0 Å². The van der Waals surface area contributed by atoms with Crippen molar-refractivity contribution in [2.75, 3.05) is 0 Å². The van der Waals surface area contributed by atoms with Gasteiger partial charge in [0.1, 0.15) is 0 Å². The van der Waals surface area contributed by atoms with Gasteiger partial charge in [0.05, 0.1) is 6.04 Å². The van der Waals surface area contributed by atoms with E-state index in [4.69, 9.17) is 5.73 Å². The summed E-state index contributed by atoms with van der Waals surface area (Å²) in [6, 6.07) is -0.783. The highest BCUT2D eigenvalue weighted by Gasteiger charge is 2.24. The number of nitrogens with one attached hydrogen (secondary N) is 2. The van der Waals surface area contributed by atoms with Gasteiger partial charge in [0.25, 0.3) is 0 Å². The van der Waals surface area contributed by atoms with E-state index in [0.29, 0.717) is 12.0 Å². The maximum absolute atomic E-state index is 11.3. The van der Waals surface area contributed by atoms with Crippen LogP contribution in [0.2, 0.25) is 0 Å². The van der Waals surface area contributed by atoms with Gasteiger partial charge >= 0.3 is 6.03 Å². The molecule has 0 aliphatic heterocycles. The zero-order valence-electron chi connectivity index (χ0n) is 9.25. The van der Waals surface area contributed by atoms with E-state index in [9.17, 15) is 9.59 Å². The Bertz CT molecular complexity index is 255. The van der Waals surface area contributed by atoms with E-state index >= 15 is 0 Å². The first kappa shape index (κ1) is 12.0. The Morgan fingerprint density at radius 1 is 1.40 bits per heavy atom. The predicted octanol–water partition coefficient (Wildman–Crippen LogP) is 0.348. The summed E-state index contributed by atoms with van der Waals surface area (Å²) in [5.74, 6) is 0.357. The van der Waals surface area contributed by atoms with Gasteiger partial charge in [-0.25, -0.2) is 4.79 Å². The van der Waals surface area contributed by atoms with E-state index in [2.05, 4.69) is 17.6 Å². The van der Waals surface area contributed by atoms with Gasteiger partial charge in [0.15, 0.2) is 0 Å². The van der Waals surface area contributed by atoms with Gasteiger partial charge in [-0.05, 0) is 32.1 Å². The quantitative estimate of drug-likeness (QED) is 0.632. The van der Waals surface area contributed by atoms with Crippen LogP contribution in [0.4, 0.5) is 4.79 Å². The highest BCUT2D eigenvalue weighted by atomic mass is 16.2. The molecule has 5 heteroatoms. The molecule has 3 unspecified atom stereocenters. The van der Waals surface area contributed by atoms with Crippen LogP contribution in [-0.4, -0.2) is 24.0 Å². The SMILES string of the molecule is CC1CCC(NC(C)C(=O)NC(N)=O)C1. The lowest BCUT2D eigenvalue weighted by Gasteiger charge is -2.18. The second kappa shape index (κ2) is 5.11. The molecule has 0 bridgehead atoms. The molecule has 1 aliphatic rings. The number of urea groups is 1. The molecule has 0 spiro atoms. The van der Waals surface area contributed by atoms with Crippen LogP contribution in [0.3, 0.4) is 0 Å². The summed E-state index contributed by atoms with van der Waals surface area (Å²) in [6.45, 7) is 3.94. The van der Waals surface area contributed by atoms with Gasteiger partial charge in [-0.3, -0.25) is 10.1 Å². The predicted molar refractivity (Wildman–Crippen MR) is 57.1 cm³/mol. The molecule has 15 heavy (non-hydrogen) atoms. The van der Waals surface area contributed by atoms with Gasteiger partial charge in [-0.15, -0.1) is 0 Å². The first-order chi connectivity index (χ1) is 6.99. The maximum Gasteiger partial charge on any atom is 0.318 e. The second-order valence-electron chi connectivity index (χ2n) is 4.36. The summed E-state index contributed by atoms with van der Waals surface area (Å²) >= 11 is 0. The summed E-state index contributed by atoms with van der Waals surface area (Å²) < 4.78 is 0. The van der Waals surface area contributed by atoms with Crippen molar-refractivity contribution in [2.45, 2.75) is 45.2 Å². The highest BCUT2D eigenvalue weighted by molar-refractivity contribution is 5.96. The van der Waals surface area contributed by atoms with E-state index in [-0.39, 0.29) is 11.9 Å². The fourth-order valence-electron chi connectivity index (χ4n) is 2.02. The Kier molecular flexibility index (Phi) is 4.08. The van der Waals surface area contributed by atoms with Crippen LogP contribution in [0, 0.1) is 5.92 Å². The summed E-state index contributed by atoms with van der Waals surface area (Å²) in [4.78, 5) is 21.8. The number of primary amides is 1. The van der Waals surface area contributed by atoms with Crippen LogP contribution in [0.15, 0.2) is 0 Å². The van der Waals surface area contributed by atoms with Crippen LogP contribution >= 0.6 is 0 Å². The molecular formula is C10H19N3O2. The van der Waals surface area contributed by atoms with Crippen LogP contribution < -0.4 is 16.4 Å². The number of nitrogens with two attached hydrogens (primary N) is 1. The van der Waals surface area contributed by atoms with E-state index < -0.39 is 6.03 Å². The van der Waals surface area contributed by atoms with Crippen molar-refractivity contribution in [3.05, 3.63) is 0 Å². The van der Waals surface area contributed by atoms with Gasteiger partial charge < -0.3 is 11.1 Å². The van der Waals surface area contributed by atoms with Crippen LogP contribution in [0.25, 0.3) is 0 Å². The molecule has 3 atom stereocenters. The number of rotatable bonds is 3. The van der Waals surface area contributed by atoms with Crippen molar-refractivity contribution >= 4 is 11.9 Å². The lowest BCUT2D eigenvalue weighted by Crippen LogP contribution is -2.48. The lowest BCUT2D eigenvalue weighted by atomic mass is 10.1. The molecule has 1 saturated carbocycles. The number of imide groups is 1. The molecule has 1 fully saturated rings. The van der Waals surface area contributed by atoms with Gasteiger partial charge in [0.2, 0.25) is 5.91 Å². The molecule has 1 rings (SSSR count). The molecular weight excluding hydrogens is 194 g/mol. The standard InChI is InChI=1S/C10H19N3O2/c1-6-3-4-8(5-6)12-7(2)9(14)13-10(11)15/h6-8,12H,3-5H2,1-2H3,(H3,11,13,14,15). The minimum absolute atomic E-state index is 0.359. The number of amides is 3. The van der Waals surface area contributed by atoms with Crippen LogP contribution in [0.5, 0.6) is 0 Å². The largest absolute Gasteiger partial charge is 0.351 e. The second-order valence-corrected chi connectivity index (χ2v) is 4.36. The maximum atomic E-state index is 11.3. The summed E-state index contributed by atoms with van der Waals surface area (Å²) in [6.07, 6.45) is 3.38. The third-order valence-corrected chi connectivity index (χ3v) is 2.82. The third-order valence-electron chi connectivity index (χ3n) is 2.82. The van der Waals surface area contributed by atoms with Crippen LogP contribution in [0.1, 0.15) is 33.1 Å². The topological polar surface area (TPSA) is 84.2 Å². The molecule has 0 aromatic heterocycles. The number of carbonyl (C=O) groups is 2. The first-order valence-corrected chi connectivity index (χ1v) is 5.35. The molecule has 0 radical (unpaired) electrons. The van der Waals surface area contributed by atoms with E-state index in [1.165, 1.54) is 6.42 Å². The first-order valence-electron chi connectivity index (χ1n) is 5.35. The zero-order chi connectivity index (χ0) is 11.4. The summed E-state index contributed by atoms with van der Waals surface area (Å²) in [5, 5.41) is 5.26. The fourth-order valence-corrected chi connectivity index (χ4v) is 2.02. The van der Waals surface area contributed by atoms with E-state index in [0.717, 1.165) is 12.8 Å². The average Bonchev–Trinajstić information content (AvgIpc) is 2.50. The Labute approximate surface area is 89.8 Å². The summed E-state index contributed by atoms with van der Waals surface area (Å²) in [5.41, 5.74) is 4.86. The van der Waals surface area contributed by atoms with E-state index in [1.54, 1.807) is 6.92 Å².